The third kappa shape index (κ3) is 3.35. The van der Waals surface area contributed by atoms with Crippen LogP contribution in [0.3, 0.4) is 0 Å². The Morgan fingerprint density at radius 2 is 1.78 bits per heavy atom. The number of ether oxygens (including phenoxy) is 1. The summed E-state index contributed by atoms with van der Waals surface area (Å²) in [5.74, 6) is 1.99. The van der Waals surface area contributed by atoms with E-state index in [0.717, 1.165) is 29.6 Å². The Kier molecular flexibility index (Phi) is 4.70. The first-order valence-electron chi connectivity index (χ1n) is 9.89. The van der Waals surface area contributed by atoms with E-state index in [1.54, 1.807) is 6.92 Å². The molecule has 1 saturated carbocycles. The summed E-state index contributed by atoms with van der Waals surface area (Å²) in [5, 5.41) is 0.778. The third-order valence-corrected chi connectivity index (χ3v) is 6.34. The van der Waals surface area contributed by atoms with E-state index in [2.05, 4.69) is 0 Å². The van der Waals surface area contributed by atoms with Crippen LogP contribution >= 0.6 is 0 Å². The molecule has 1 amide bonds. The average molecular weight is 369 g/mol. The van der Waals surface area contributed by atoms with Gasteiger partial charge in [-0.15, -0.1) is 0 Å². The van der Waals surface area contributed by atoms with Gasteiger partial charge in [-0.2, -0.15) is 0 Å². The molecule has 0 spiro atoms. The Hall–Kier alpha value is -2.30. The zero-order valence-electron chi connectivity index (χ0n) is 16.3. The highest BCUT2D eigenvalue weighted by Crippen LogP contribution is 2.36. The van der Waals surface area contributed by atoms with Gasteiger partial charge in [-0.25, -0.2) is 4.79 Å². The van der Waals surface area contributed by atoms with Crippen LogP contribution in [0.2, 0.25) is 0 Å². The Bertz CT molecular complexity index is 931. The van der Waals surface area contributed by atoms with Crippen molar-refractivity contribution in [3.8, 4) is 5.75 Å². The van der Waals surface area contributed by atoms with Crippen LogP contribution < -0.4 is 10.4 Å². The second-order valence-electron chi connectivity index (χ2n) is 8.17. The van der Waals surface area contributed by atoms with Crippen molar-refractivity contribution in [2.45, 2.75) is 46.5 Å². The maximum Gasteiger partial charge on any atom is 0.339 e. The van der Waals surface area contributed by atoms with E-state index in [1.807, 2.05) is 30.9 Å². The van der Waals surface area contributed by atoms with Crippen LogP contribution in [0.1, 0.15) is 42.4 Å². The molecular formula is C22H27NO4. The molecule has 1 aromatic heterocycles. The summed E-state index contributed by atoms with van der Waals surface area (Å²) in [4.78, 5) is 26.7. The SMILES string of the molecule is Cc1cc(OCC(=O)N2C[C@H]3CCCC[C@H]3C2)c2c(C)c(C)c(=O)oc2c1. The maximum absolute atomic E-state index is 12.7. The Morgan fingerprint density at radius 1 is 1.11 bits per heavy atom. The predicted molar refractivity (Wildman–Crippen MR) is 104 cm³/mol. The number of hydrogen-bond acceptors (Lipinski definition) is 4. The van der Waals surface area contributed by atoms with Gasteiger partial charge in [0, 0.05) is 18.7 Å². The molecule has 1 aromatic carbocycles. The molecule has 2 aliphatic rings. The number of carbonyl (C=O) groups is 1. The molecule has 1 saturated heterocycles. The van der Waals surface area contributed by atoms with E-state index < -0.39 is 0 Å². The third-order valence-electron chi connectivity index (χ3n) is 6.34. The molecule has 2 aromatic rings. The number of amides is 1. The predicted octanol–water partition coefficient (Wildman–Crippen LogP) is 3.75. The number of carbonyl (C=O) groups excluding carboxylic acids is 1. The molecule has 5 nitrogen and oxygen atoms in total. The fraction of sp³-hybridized carbons (Fsp3) is 0.545. The lowest BCUT2D eigenvalue weighted by Crippen LogP contribution is -2.33. The molecule has 5 heteroatoms. The largest absolute Gasteiger partial charge is 0.483 e. The van der Waals surface area contributed by atoms with Crippen molar-refractivity contribution >= 4 is 16.9 Å². The zero-order valence-corrected chi connectivity index (χ0v) is 16.3. The van der Waals surface area contributed by atoms with Crippen molar-refractivity contribution in [2.75, 3.05) is 19.7 Å². The Morgan fingerprint density at radius 3 is 2.44 bits per heavy atom. The van der Waals surface area contributed by atoms with Gasteiger partial charge in [0.25, 0.3) is 5.91 Å². The molecule has 1 aliphatic carbocycles. The van der Waals surface area contributed by atoms with Crippen molar-refractivity contribution in [1.82, 2.24) is 4.90 Å². The summed E-state index contributed by atoms with van der Waals surface area (Å²) in [6.45, 7) is 7.33. The quantitative estimate of drug-likeness (QED) is 0.773. The molecule has 144 valence electrons. The summed E-state index contributed by atoms with van der Waals surface area (Å²) in [6, 6.07) is 3.74. The summed E-state index contributed by atoms with van der Waals surface area (Å²) in [6.07, 6.45) is 5.07. The van der Waals surface area contributed by atoms with E-state index in [1.165, 1.54) is 25.7 Å². The first-order chi connectivity index (χ1) is 12.9. The second kappa shape index (κ2) is 7.02. The molecule has 2 atom stereocenters. The van der Waals surface area contributed by atoms with Crippen molar-refractivity contribution < 1.29 is 13.9 Å². The topological polar surface area (TPSA) is 59.8 Å². The van der Waals surface area contributed by atoms with Gasteiger partial charge in [0.15, 0.2) is 6.61 Å². The lowest BCUT2D eigenvalue weighted by Gasteiger charge is -2.22. The minimum Gasteiger partial charge on any atom is -0.483 e. The standard InChI is InChI=1S/C22H27NO4/c1-13-8-18(21-14(2)15(3)22(25)27-19(21)9-13)26-12-20(24)23-10-16-6-4-5-7-17(16)11-23/h8-9,16-17H,4-7,10-12H2,1-3H3/t16-,17+. The molecular weight excluding hydrogens is 342 g/mol. The molecule has 27 heavy (non-hydrogen) atoms. The Balaban J connectivity index is 1.54. The summed E-state index contributed by atoms with van der Waals surface area (Å²) >= 11 is 0. The average Bonchev–Trinajstić information content (AvgIpc) is 3.08. The fourth-order valence-electron chi connectivity index (χ4n) is 4.64. The highest BCUT2D eigenvalue weighted by molar-refractivity contribution is 5.88. The van der Waals surface area contributed by atoms with E-state index in [0.29, 0.717) is 28.7 Å². The minimum absolute atomic E-state index is 0.0234. The van der Waals surface area contributed by atoms with Gasteiger partial charge < -0.3 is 14.1 Å². The number of rotatable bonds is 3. The lowest BCUT2D eigenvalue weighted by atomic mass is 9.82. The van der Waals surface area contributed by atoms with E-state index in [9.17, 15) is 9.59 Å². The number of benzene rings is 1. The number of likely N-dealkylation sites (tertiary alicyclic amines) is 1. The van der Waals surface area contributed by atoms with Gasteiger partial charge in [-0.1, -0.05) is 12.8 Å². The summed E-state index contributed by atoms with van der Waals surface area (Å²) < 4.78 is 11.4. The lowest BCUT2D eigenvalue weighted by molar-refractivity contribution is -0.132. The van der Waals surface area contributed by atoms with Gasteiger partial charge in [0.2, 0.25) is 0 Å². The Labute approximate surface area is 159 Å². The molecule has 0 bridgehead atoms. The summed E-state index contributed by atoms with van der Waals surface area (Å²) in [5.41, 5.74) is 2.54. The van der Waals surface area contributed by atoms with Gasteiger partial charge in [-0.3, -0.25) is 4.79 Å². The van der Waals surface area contributed by atoms with Gasteiger partial charge in [-0.05, 0) is 68.7 Å². The normalized spacial score (nSPS) is 22.1. The van der Waals surface area contributed by atoms with Crippen LogP contribution in [0.4, 0.5) is 0 Å². The maximum atomic E-state index is 12.7. The van der Waals surface area contributed by atoms with Gasteiger partial charge in [0.05, 0.1) is 5.39 Å². The van der Waals surface area contributed by atoms with Gasteiger partial charge in [0.1, 0.15) is 11.3 Å². The number of aryl methyl sites for hydroxylation is 2. The van der Waals surface area contributed by atoms with Gasteiger partial charge >= 0.3 is 5.63 Å². The molecule has 0 unspecified atom stereocenters. The van der Waals surface area contributed by atoms with Crippen molar-refractivity contribution in [3.63, 3.8) is 0 Å². The highest BCUT2D eigenvalue weighted by Gasteiger charge is 2.36. The summed E-state index contributed by atoms with van der Waals surface area (Å²) in [7, 11) is 0. The van der Waals surface area contributed by atoms with Crippen LogP contribution in [-0.2, 0) is 4.79 Å². The molecule has 0 radical (unpaired) electrons. The zero-order chi connectivity index (χ0) is 19.1. The number of fused-ring (bicyclic) bond motifs is 2. The van der Waals surface area contributed by atoms with Crippen LogP contribution in [0.25, 0.3) is 11.0 Å². The number of hydrogen-bond donors (Lipinski definition) is 0. The molecule has 0 N–H and O–H groups in total. The first kappa shape index (κ1) is 18.1. The first-order valence-corrected chi connectivity index (χ1v) is 9.89. The van der Waals surface area contributed by atoms with E-state index in [-0.39, 0.29) is 18.1 Å². The molecule has 2 heterocycles. The van der Waals surface area contributed by atoms with E-state index in [4.69, 9.17) is 9.15 Å². The van der Waals surface area contributed by atoms with E-state index >= 15 is 0 Å². The van der Waals surface area contributed by atoms with Crippen molar-refractivity contribution in [1.29, 1.82) is 0 Å². The van der Waals surface area contributed by atoms with Crippen LogP contribution in [0.5, 0.6) is 5.75 Å². The number of nitrogens with zero attached hydrogens (tertiary/aromatic N) is 1. The highest BCUT2D eigenvalue weighted by atomic mass is 16.5. The molecule has 4 rings (SSSR count). The fourth-order valence-corrected chi connectivity index (χ4v) is 4.64. The monoisotopic (exact) mass is 369 g/mol. The van der Waals surface area contributed by atoms with Crippen LogP contribution in [0, 0.1) is 32.6 Å². The molecule has 2 fully saturated rings. The smallest absolute Gasteiger partial charge is 0.339 e. The minimum atomic E-state index is -0.327. The van der Waals surface area contributed by atoms with Crippen molar-refractivity contribution in [2.24, 2.45) is 11.8 Å². The van der Waals surface area contributed by atoms with Crippen LogP contribution in [0.15, 0.2) is 21.3 Å². The second-order valence-corrected chi connectivity index (χ2v) is 8.17. The molecule has 1 aliphatic heterocycles. The van der Waals surface area contributed by atoms with Crippen LogP contribution in [-0.4, -0.2) is 30.5 Å². The van der Waals surface area contributed by atoms with Crippen molar-refractivity contribution in [3.05, 3.63) is 39.2 Å².